The minimum Gasteiger partial charge on any atom is -0.478 e. The Labute approximate surface area is 137 Å². The normalized spacial score (nSPS) is 10.0. The third kappa shape index (κ3) is 5.11. The van der Waals surface area contributed by atoms with Gasteiger partial charge in [-0.15, -0.1) is 12.4 Å². The van der Waals surface area contributed by atoms with Crippen LogP contribution in [-0.2, 0) is 6.42 Å². The Morgan fingerprint density at radius 3 is 2.23 bits per heavy atom. The lowest BCUT2D eigenvalue weighted by Gasteiger charge is -2.04. The van der Waals surface area contributed by atoms with E-state index in [1.807, 2.05) is 12.1 Å². The summed E-state index contributed by atoms with van der Waals surface area (Å²) in [5, 5.41) is 8.82. The van der Waals surface area contributed by atoms with Crippen LogP contribution in [0.25, 0.3) is 11.4 Å². The van der Waals surface area contributed by atoms with Crippen LogP contribution in [0.2, 0.25) is 0 Å². The highest BCUT2D eigenvalue weighted by atomic mass is 35.5. The van der Waals surface area contributed by atoms with Gasteiger partial charge in [-0.2, -0.15) is 0 Å². The molecule has 22 heavy (non-hydrogen) atoms. The van der Waals surface area contributed by atoms with Crippen molar-refractivity contribution in [2.24, 2.45) is 0 Å². The molecule has 0 bridgehead atoms. The highest BCUT2D eigenvalue weighted by Gasteiger charge is 2.06. The van der Waals surface area contributed by atoms with Crippen LogP contribution in [0.3, 0.4) is 0 Å². The molecule has 5 heteroatoms. The number of aromatic nitrogens is 2. The van der Waals surface area contributed by atoms with Crippen molar-refractivity contribution in [1.82, 2.24) is 9.97 Å². The lowest BCUT2D eigenvalue weighted by atomic mass is 10.0. The molecule has 0 saturated carbocycles. The molecular formula is C17H21ClN2O2. The summed E-state index contributed by atoms with van der Waals surface area (Å²) in [6, 6.07) is 8.17. The van der Waals surface area contributed by atoms with Gasteiger partial charge in [0, 0.05) is 18.0 Å². The van der Waals surface area contributed by atoms with E-state index < -0.39 is 5.97 Å². The first kappa shape index (κ1) is 18.1. The van der Waals surface area contributed by atoms with Gasteiger partial charge < -0.3 is 5.11 Å². The Bertz CT molecular complexity index is 583. The molecule has 118 valence electrons. The van der Waals surface area contributed by atoms with Crippen LogP contribution in [0, 0.1) is 0 Å². The largest absolute Gasteiger partial charge is 0.478 e. The van der Waals surface area contributed by atoms with Crippen LogP contribution in [0.1, 0.15) is 48.5 Å². The molecule has 0 saturated heterocycles. The van der Waals surface area contributed by atoms with E-state index in [4.69, 9.17) is 5.11 Å². The minimum atomic E-state index is -1.01. The topological polar surface area (TPSA) is 63.1 Å². The number of nitrogens with zero attached hydrogens (tertiary/aromatic N) is 2. The van der Waals surface area contributed by atoms with Gasteiger partial charge in [0.15, 0.2) is 5.82 Å². The average Bonchev–Trinajstić information content (AvgIpc) is 2.52. The number of aryl methyl sites for hydroxylation is 1. The van der Waals surface area contributed by atoms with E-state index in [2.05, 4.69) is 29.0 Å². The summed E-state index contributed by atoms with van der Waals surface area (Å²) >= 11 is 0. The molecule has 1 aromatic carbocycles. The molecule has 0 radical (unpaired) electrons. The monoisotopic (exact) mass is 320 g/mol. The van der Waals surface area contributed by atoms with Gasteiger partial charge in [-0.3, -0.25) is 0 Å². The zero-order chi connectivity index (χ0) is 15.1. The van der Waals surface area contributed by atoms with Crippen molar-refractivity contribution in [3.8, 4) is 11.4 Å². The molecule has 2 rings (SSSR count). The number of carbonyl (C=O) groups is 1. The second kappa shape index (κ2) is 9.15. The van der Waals surface area contributed by atoms with E-state index >= 15 is 0 Å². The number of carboxylic acid groups (broad SMARTS) is 1. The molecule has 1 N–H and O–H groups in total. The molecule has 0 fully saturated rings. The highest BCUT2D eigenvalue weighted by molar-refractivity contribution is 5.86. The summed E-state index contributed by atoms with van der Waals surface area (Å²) in [6.45, 7) is 2.21. The van der Waals surface area contributed by atoms with E-state index in [1.165, 1.54) is 43.6 Å². The van der Waals surface area contributed by atoms with Gasteiger partial charge in [-0.25, -0.2) is 14.8 Å². The summed E-state index contributed by atoms with van der Waals surface area (Å²) in [5.41, 5.74) is 2.33. The van der Waals surface area contributed by atoms with Gasteiger partial charge in [0.1, 0.15) is 0 Å². The first-order chi connectivity index (χ1) is 10.2. The van der Waals surface area contributed by atoms with Gasteiger partial charge in [-0.05, 0) is 18.4 Å². The molecule has 1 heterocycles. The molecular weight excluding hydrogens is 300 g/mol. The second-order valence-electron chi connectivity index (χ2n) is 5.11. The van der Waals surface area contributed by atoms with Gasteiger partial charge >= 0.3 is 5.97 Å². The Morgan fingerprint density at radius 2 is 1.68 bits per heavy atom. The molecule has 0 aliphatic rings. The predicted molar refractivity (Wildman–Crippen MR) is 89.5 cm³/mol. The fraction of sp³-hybridized carbons (Fsp3) is 0.353. The number of carboxylic acids is 1. The molecule has 0 atom stereocenters. The van der Waals surface area contributed by atoms with Crippen molar-refractivity contribution in [3.05, 3.63) is 47.8 Å². The molecule has 2 aromatic rings. The molecule has 1 aromatic heterocycles. The standard InChI is InChI=1S/C17H20N2O2.ClH/c1-2-3-4-5-6-13-7-9-14(10-8-13)16-18-11-15(12-19-16)17(20)21;/h7-12H,2-6H2,1H3,(H,20,21);1H. The zero-order valence-electron chi connectivity index (χ0n) is 12.7. The maximum absolute atomic E-state index is 10.8. The maximum atomic E-state index is 10.8. The van der Waals surface area contributed by atoms with Crippen LogP contribution in [0.5, 0.6) is 0 Å². The Hall–Kier alpha value is -1.94. The quantitative estimate of drug-likeness (QED) is 0.769. The molecule has 0 unspecified atom stereocenters. The number of unbranched alkanes of at least 4 members (excludes halogenated alkanes) is 3. The van der Waals surface area contributed by atoms with Gasteiger partial charge in [0.05, 0.1) is 5.56 Å². The minimum absolute atomic E-state index is 0. The Balaban J connectivity index is 0.00000242. The first-order valence-corrected chi connectivity index (χ1v) is 7.35. The number of aromatic carboxylic acids is 1. The van der Waals surface area contributed by atoms with Crippen LogP contribution >= 0.6 is 12.4 Å². The van der Waals surface area contributed by atoms with Crippen LogP contribution in [-0.4, -0.2) is 21.0 Å². The van der Waals surface area contributed by atoms with Gasteiger partial charge in [0.25, 0.3) is 0 Å². The number of hydrogen-bond donors (Lipinski definition) is 1. The summed E-state index contributed by atoms with van der Waals surface area (Å²) < 4.78 is 0. The van der Waals surface area contributed by atoms with Gasteiger partial charge in [-0.1, -0.05) is 50.5 Å². The number of hydrogen-bond acceptors (Lipinski definition) is 3. The molecule has 0 aliphatic heterocycles. The molecule has 0 spiro atoms. The summed E-state index contributed by atoms with van der Waals surface area (Å²) in [6.07, 6.45) is 8.81. The number of benzene rings is 1. The van der Waals surface area contributed by atoms with Crippen LogP contribution in [0.4, 0.5) is 0 Å². The SMILES string of the molecule is CCCCCCc1ccc(-c2ncc(C(=O)O)cn2)cc1.Cl. The lowest BCUT2D eigenvalue weighted by Crippen LogP contribution is -1.99. The Kier molecular flexibility index (Phi) is 7.54. The van der Waals surface area contributed by atoms with Crippen LogP contribution < -0.4 is 0 Å². The van der Waals surface area contributed by atoms with E-state index in [9.17, 15) is 4.79 Å². The van der Waals surface area contributed by atoms with Crippen molar-refractivity contribution < 1.29 is 9.90 Å². The fourth-order valence-corrected chi connectivity index (χ4v) is 2.16. The Morgan fingerprint density at radius 1 is 1.05 bits per heavy atom. The van der Waals surface area contributed by atoms with Crippen molar-refractivity contribution in [1.29, 1.82) is 0 Å². The zero-order valence-corrected chi connectivity index (χ0v) is 13.5. The summed E-state index contributed by atoms with van der Waals surface area (Å²) in [7, 11) is 0. The molecule has 0 amide bonds. The maximum Gasteiger partial charge on any atom is 0.338 e. The summed E-state index contributed by atoms with van der Waals surface area (Å²) in [5.74, 6) is -0.457. The van der Waals surface area contributed by atoms with E-state index in [0.29, 0.717) is 5.82 Å². The second-order valence-corrected chi connectivity index (χ2v) is 5.11. The third-order valence-electron chi connectivity index (χ3n) is 3.43. The lowest BCUT2D eigenvalue weighted by molar-refractivity contribution is 0.0696. The molecule has 0 aliphatic carbocycles. The summed E-state index contributed by atoms with van der Waals surface area (Å²) in [4.78, 5) is 18.9. The smallest absolute Gasteiger partial charge is 0.338 e. The van der Waals surface area contributed by atoms with Crippen LogP contribution in [0.15, 0.2) is 36.7 Å². The number of rotatable bonds is 7. The number of halogens is 1. The van der Waals surface area contributed by atoms with Crippen molar-refractivity contribution in [2.75, 3.05) is 0 Å². The average molecular weight is 321 g/mol. The third-order valence-corrected chi connectivity index (χ3v) is 3.43. The first-order valence-electron chi connectivity index (χ1n) is 7.35. The van der Waals surface area contributed by atoms with E-state index in [0.717, 1.165) is 12.0 Å². The van der Waals surface area contributed by atoms with E-state index in [-0.39, 0.29) is 18.0 Å². The molecule has 4 nitrogen and oxygen atoms in total. The highest BCUT2D eigenvalue weighted by Crippen LogP contribution is 2.17. The van der Waals surface area contributed by atoms with Crippen molar-refractivity contribution in [3.63, 3.8) is 0 Å². The van der Waals surface area contributed by atoms with Crippen molar-refractivity contribution in [2.45, 2.75) is 39.0 Å². The van der Waals surface area contributed by atoms with E-state index in [1.54, 1.807) is 0 Å². The fourth-order valence-electron chi connectivity index (χ4n) is 2.16. The predicted octanol–water partition coefficient (Wildman–Crippen LogP) is 4.39. The van der Waals surface area contributed by atoms with Gasteiger partial charge in [0.2, 0.25) is 0 Å². The van der Waals surface area contributed by atoms with Crippen molar-refractivity contribution >= 4 is 18.4 Å².